The molecule has 28 heavy (non-hydrogen) atoms. The lowest BCUT2D eigenvalue weighted by atomic mass is 10.1. The number of nitrogen functional groups attached to an aromatic ring is 1. The van der Waals surface area contributed by atoms with Gasteiger partial charge >= 0.3 is 0 Å². The van der Waals surface area contributed by atoms with Crippen molar-refractivity contribution in [3.8, 4) is 0 Å². The van der Waals surface area contributed by atoms with E-state index in [2.05, 4.69) is 41.5 Å². The molecule has 0 amide bonds. The molecule has 0 saturated carbocycles. The molecule has 2 aromatic heterocycles. The second-order valence-electron chi connectivity index (χ2n) is 7.89. The van der Waals surface area contributed by atoms with Crippen LogP contribution in [0.4, 0.5) is 5.82 Å². The molecule has 1 fully saturated rings. The number of nitrogens with zero attached hydrogens (tertiary/aromatic N) is 4. The summed E-state index contributed by atoms with van der Waals surface area (Å²) >= 11 is 1.57. The monoisotopic (exact) mass is 427 g/mol. The Kier molecular flexibility index (Phi) is 6.72. The van der Waals surface area contributed by atoms with E-state index in [4.69, 9.17) is 10.5 Å². The number of aromatic nitrogens is 4. The lowest BCUT2D eigenvalue weighted by molar-refractivity contribution is -0.0400. The summed E-state index contributed by atoms with van der Waals surface area (Å²) in [4.78, 5) is 12.9. The molecule has 1 aliphatic heterocycles. The van der Waals surface area contributed by atoms with E-state index in [0.717, 1.165) is 24.8 Å². The number of nitrogens with two attached hydrogens (primary N) is 1. The standard InChI is InChI=1S/C18H30N5O3PS/c1-5-6-9-28-18-22-12-15(19)20-10-21-16(12)23(18)17-14(25)13(24)11(26-17)7-8-27(2,3)4/h10-11,13-14,17,24-25H,2,5-9H2,1,3-4H3,(H2,19,20,21)/t11-,13-,14-,17?/m1/s1. The molecule has 10 heteroatoms. The summed E-state index contributed by atoms with van der Waals surface area (Å²) in [6, 6.07) is 0. The summed E-state index contributed by atoms with van der Waals surface area (Å²) in [5, 5.41) is 22.0. The van der Waals surface area contributed by atoms with Gasteiger partial charge in [0, 0.05) is 5.75 Å². The van der Waals surface area contributed by atoms with E-state index in [1.807, 2.05) is 0 Å². The van der Waals surface area contributed by atoms with Gasteiger partial charge < -0.3 is 20.7 Å². The van der Waals surface area contributed by atoms with E-state index in [0.29, 0.717) is 22.7 Å². The summed E-state index contributed by atoms with van der Waals surface area (Å²) in [5.41, 5.74) is 6.98. The highest BCUT2D eigenvalue weighted by Gasteiger charge is 2.45. The second kappa shape index (κ2) is 8.71. The topological polar surface area (TPSA) is 119 Å². The third-order valence-corrected chi connectivity index (χ3v) is 7.32. The summed E-state index contributed by atoms with van der Waals surface area (Å²) in [5.74, 6) is 1.16. The molecule has 0 bridgehead atoms. The van der Waals surface area contributed by atoms with Crippen molar-refractivity contribution in [2.45, 2.75) is 55.9 Å². The predicted octanol–water partition coefficient (Wildman–Crippen LogP) is 2.02. The quantitative estimate of drug-likeness (QED) is 0.333. The number of aliphatic hydroxyl groups excluding tert-OH is 2. The number of thioether (sulfide) groups is 1. The van der Waals surface area contributed by atoms with Crippen molar-refractivity contribution in [1.29, 1.82) is 0 Å². The number of hydrogen-bond donors (Lipinski definition) is 3. The number of ether oxygens (including phenoxy) is 1. The molecule has 0 aromatic carbocycles. The van der Waals surface area contributed by atoms with Crippen LogP contribution >= 0.6 is 18.6 Å². The Labute approximate surface area is 169 Å². The maximum atomic E-state index is 10.7. The van der Waals surface area contributed by atoms with Gasteiger partial charge in [-0.25, -0.2) is 15.0 Å². The Hall–Kier alpha value is -1.12. The van der Waals surface area contributed by atoms with Crippen LogP contribution < -0.4 is 5.73 Å². The zero-order chi connectivity index (χ0) is 20.5. The molecule has 0 spiro atoms. The minimum Gasteiger partial charge on any atom is -0.388 e. The van der Waals surface area contributed by atoms with Crippen LogP contribution in [0, 0.1) is 0 Å². The van der Waals surface area contributed by atoms with Crippen LogP contribution in [0.3, 0.4) is 0 Å². The van der Waals surface area contributed by atoms with Crippen LogP contribution in [0.5, 0.6) is 0 Å². The van der Waals surface area contributed by atoms with Crippen LogP contribution in [0.2, 0.25) is 0 Å². The van der Waals surface area contributed by atoms with E-state index in [-0.39, 0.29) is 5.82 Å². The third-order valence-electron chi connectivity index (χ3n) is 4.81. The van der Waals surface area contributed by atoms with Gasteiger partial charge in [0.2, 0.25) is 0 Å². The average molecular weight is 428 g/mol. The van der Waals surface area contributed by atoms with Crippen molar-refractivity contribution in [3.05, 3.63) is 6.33 Å². The molecular formula is C18H30N5O3PS. The fraction of sp³-hybridized carbons (Fsp3) is 0.667. The molecule has 2 aromatic rings. The third kappa shape index (κ3) is 4.54. The Morgan fingerprint density at radius 1 is 1.32 bits per heavy atom. The molecule has 1 unspecified atom stereocenters. The first kappa shape index (κ1) is 21.6. The molecule has 4 atom stereocenters. The van der Waals surface area contributed by atoms with Crippen LogP contribution in [0.25, 0.3) is 11.2 Å². The van der Waals surface area contributed by atoms with Gasteiger partial charge in [-0.05, 0) is 32.3 Å². The highest BCUT2D eigenvalue weighted by atomic mass is 32.2. The molecule has 1 saturated heterocycles. The highest BCUT2D eigenvalue weighted by molar-refractivity contribution is 7.99. The van der Waals surface area contributed by atoms with E-state index in [1.54, 1.807) is 16.3 Å². The van der Waals surface area contributed by atoms with Crippen LogP contribution in [-0.4, -0.2) is 79.6 Å². The van der Waals surface area contributed by atoms with E-state index < -0.39 is 31.4 Å². The van der Waals surface area contributed by atoms with Gasteiger partial charge in [-0.1, -0.05) is 25.1 Å². The lowest BCUT2D eigenvalue weighted by Gasteiger charge is -2.19. The van der Waals surface area contributed by atoms with Gasteiger partial charge in [-0.3, -0.25) is 4.57 Å². The maximum absolute atomic E-state index is 10.7. The molecule has 0 aliphatic carbocycles. The Balaban J connectivity index is 1.93. The first-order valence-electron chi connectivity index (χ1n) is 9.53. The van der Waals surface area contributed by atoms with Crippen molar-refractivity contribution >= 4 is 41.9 Å². The number of rotatable bonds is 8. The van der Waals surface area contributed by atoms with Crippen LogP contribution in [0.15, 0.2) is 11.5 Å². The zero-order valence-corrected chi connectivity index (χ0v) is 18.4. The van der Waals surface area contributed by atoms with Crippen LogP contribution in [0.1, 0.15) is 32.4 Å². The number of anilines is 1. The highest BCUT2D eigenvalue weighted by Crippen LogP contribution is 2.41. The Morgan fingerprint density at radius 3 is 2.75 bits per heavy atom. The molecule has 156 valence electrons. The first-order chi connectivity index (χ1) is 13.2. The van der Waals surface area contributed by atoms with E-state index in [1.165, 1.54) is 6.33 Å². The number of hydrogen-bond acceptors (Lipinski definition) is 8. The molecule has 8 nitrogen and oxygen atoms in total. The van der Waals surface area contributed by atoms with Gasteiger partial charge in [0.1, 0.15) is 18.5 Å². The number of fused-ring (bicyclic) bond motifs is 1. The van der Waals surface area contributed by atoms with Crippen LogP contribution in [-0.2, 0) is 4.74 Å². The van der Waals surface area contributed by atoms with Gasteiger partial charge in [-0.15, -0.1) is 13.2 Å². The fourth-order valence-electron chi connectivity index (χ4n) is 3.20. The molecule has 4 N–H and O–H groups in total. The maximum Gasteiger partial charge on any atom is 0.172 e. The lowest BCUT2D eigenvalue weighted by Crippen LogP contribution is -2.32. The predicted molar refractivity (Wildman–Crippen MR) is 117 cm³/mol. The SMILES string of the molecule is C=P(C)(C)CC[C@H]1OC(n2c(SCCCC)nc3c(N)ncnc32)[C@H](O)[C@@H]1O. The smallest absolute Gasteiger partial charge is 0.172 e. The molecular weight excluding hydrogens is 397 g/mol. The van der Waals surface area contributed by atoms with Crippen molar-refractivity contribution < 1.29 is 14.9 Å². The molecule has 0 radical (unpaired) electrons. The zero-order valence-electron chi connectivity index (χ0n) is 16.7. The van der Waals surface area contributed by atoms with Gasteiger partial charge in [0.15, 0.2) is 28.4 Å². The fourth-order valence-corrected chi connectivity index (χ4v) is 5.26. The molecule has 1 aliphatic rings. The van der Waals surface area contributed by atoms with Gasteiger partial charge in [0.25, 0.3) is 0 Å². The second-order valence-corrected chi connectivity index (χ2v) is 13.3. The van der Waals surface area contributed by atoms with Crippen molar-refractivity contribution in [3.63, 3.8) is 0 Å². The average Bonchev–Trinajstić information content (AvgIpc) is 3.12. The van der Waals surface area contributed by atoms with Crippen molar-refractivity contribution in [2.75, 3.05) is 31.0 Å². The summed E-state index contributed by atoms with van der Waals surface area (Å²) in [6.45, 7) is 5.17. The van der Waals surface area contributed by atoms with Gasteiger partial charge in [0.05, 0.1) is 6.10 Å². The number of aliphatic hydroxyl groups is 2. The first-order valence-corrected chi connectivity index (χ1v) is 13.6. The number of imidazole rings is 1. The van der Waals surface area contributed by atoms with Crippen molar-refractivity contribution in [2.24, 2.45) is 0 Å². The minimum absolute atomic E-state index is 0.286. The summed E-state index contributed by atoms with van der Waals surface area (Å²) in [6.07, 6.45) is 5.97. The molecule has 3 rings (SSSR count). The largest absolute Gasteiger partial charge is 0.388 e. The summed E-state index contributed by atoms with van der Waals surface area (Å²) < 4.78 is 7.88. The summed E-state index contributed by atoms with van der Waals surface area (Å²) in [7, 11) is 0. The van der Waals surface area contributed by atoms with Gasteiger partial charge in [-0.2, -0.15) is 0 Å². The number of unbranched alkanes of at least 4 members (excludes halogenated alkanes) is 1. The Morgan fingerprint density at radius 2 is 2.07 bits per heavy atom. The molecule has 3 heterocycles. The normalized spacial score (nSPS) is 25.6. The van der Waals surface area contributed by atoms with Crippen molar-refractivity contribution in [1.82, 2.24) is 19.5 Å². The minimum atomic E-state index is -1.25. The Bertz CT molecular complexity index is 870. The van der Waals surface area contributed by atoms with E-state index >= 15 is 0 Å². The van der Waals surface area contributed by atoms with E-state index in [9.17, 15) is 10.2 Å².